The number of benzene rings is 1. The van der Waals surface area contributed by atoms with E-state index in [9.17, 15) is 13.5 Å². The summed E-state index contributed by atoms with van der Waals surface area (Å²) in [5.41, 5.74) is 0.229. The SMILES string of the molecule is CCC(CC)N(C)S(=O)(=O)c1ccc(Cl)c(CO)c1Cl. The van der Waals surface area contributed by atoms with Gasteiger partial charge in [0.2, 0.25) is 10.0 Å². The van der Waals surface area contributed by atoms with Crippen molar-refractivity contribution in [1.82, 2.24) is 4.31 Å². The third-order valence-electron chi connectivity index (χ3n) is 3.42. The molecule has 7 heteroatoms. The molecule has 1 aromatic carbocycles. The summed E-state index contributed by atoms with van der Waals surface area (Å²) in [5.74, 6) is 0. The van der Waals surface area contributed by atoms with Gasteiger partial charge in [0.1, 0.15) is 4.90 Å². The maximum absolute atomic E-state index is 12.6. The van der Waals surface area contributed by atoms with Gasteiger partial charge in [0, 0.05) is 23.7 Å². The van der Waals surface area contributed by atoms with Crippen LogP contribution in [0, 0.1) is 0 Å². The molecule has 0 saturated carbocycles. The Morgan fingerprint density at radius 3 is 2.25 bits per heavy atom. The highest BCUT2D eigenvalue weighted by Crippen LogP contribution is 2.33. The number of nitrogens with zero attached hydrogens (tertiary/aromatic N) is 1. The van der Waals surface area contributed by atoms with Gasteiger partial charge >= 0.3 is 0 Å². The summed E-state index contributed by atoms with van der Waals surface area (Å²) < 4.78 is 26.5. The summed E-state index contributed by atoms with van der Waals surface area (Å²) in [6.45, 7) is 3.46. The Morgan fingerprint density at radius 1 is 1.25 bits per heavy atom. The molecule has 4 nitrogen and oxygen atoms in total. The Balaban J connectivity index is 3.36. The molecule has 1 N–H and O–H groups in total. The van der Waals surface area contributed by atoms with Crippen LogP contribution in [0.15, 0.2) is 17.0 Å². The zero-order valence-corrected chi connectivity index (χ0v) is 14.1. The lowest BCUT2D eigenvalue weighted by atomic mass is 10.2. The molecule has 114 valence electrons. The van der Waals surface area contributed by atoms with Gasteiger partial charge in [0.25, 0.3) is 0 Å². The van der Waals surface area contributed by atoms with E-state index in [4.69, 9.17) is 23.2 Å². The van der Waals surface area contributed by atoms with Crippen LogP contribution in [0.2, 0.25) is 10.0 Å². The first kappa shape index (κ1) is 17.7. The van der Waals surface area contributed by atoms with Gasteiger partial charge in [-0.2, -0.15) is 4.31 Å². The Kier molecular flexibility index (Phi) is 6.28. The average Bonchev–Trinajstić information content (AvgIpc) is 2.40. The van der Waals surface area contributed by atoms with Crippen LogP contribution in [0.25, 0.3) is 0 Å². The standard InChI is InChI=1S/C13H19Cl2NO3S/c1-4-9(5-2)16(3)20(18,19)12-7-6-11(14)10(8-17)13(12)15/h6-7,9,17H,4-5,8H2,1-3H3. The van der Waals surface area contributed by atoms with Crippen molar-refractivity contribution in [3.05, 3.63) is 27.7 Å². The topological polar surface area (TPSA) is 57.6 Å². The second-order valence-corrected chi connectivity index (χ2v) is 7.24. The number of hydrogen-bond acceptors (Lipinski definition) is 3. The number of halogens is 2. The minimum absolute atomic E-state index is 0.0159. The maximum atomic E-state index is 12.6. The van der Waals surface area contributed by atoms with Crippen molar-refractivity contribution < 1.29 is 13.5 Å². The number of rotatable bonds is 6. The van der Waals surface area contributed by atoms with Crippen molar-refractivity contribution in [2.24, 2.45) is 0 Å². The second kappa shape index (κ2) is 7.09. The van der Waals surface area contributed by atoms with Crippen molar-refractivity contribution in [3.8, 4) is 0 Å². The predicted molar refractivity (Wildman–Crippen MR) is 81.7 cm³/mol. The average molecular weight is 340 g/mol. The molecule has 0 amide bonds. The minimum Gasteiger partial charge on any atom is -0.392 e. The monoisotopic (exact) mass is 339 g/mol. The lowest BCUT2D eigenvalue weighted by Gasteiger charge is -2.26. The van der Waals surface area contributed by atoms with Gasteiger partial charge in [-0.25, -0.2) is 8.42 Å². The Hall–Kier alpha value is -0.330. The third-order valence-corrected chi connectivity index (χ3v) is 6.27. The maximum Gasteiger partial charge on any atom is 0.244 e. The smallest absolute Gasteiger partial charge is 0.244 e. The molecule has 1 rings (SSSR count). The summed E-state index contributed by atoms with van der Waals surface area (Å²) in [4.78, 5) is -0.0259. The van der Waals surface area contributed by atoms with Crippen molar-refractivity contribution in [1.29, 1.82) is 0 Å². The summed E-state index contributed by atoms with van der Waals surface area (Å²) in [7, 11) is -2.17. The normalized spacial score (nSPS) is 12.4. The molecule has 0 aliphatic carbocycles. The highest BCUT2D eigenvalue weighted by atomic mass is 35.5. The minimum atomic E-state index is -3.71. The molecule has 0 aromatic heterocycles. The predicted octanol–water partition coefficient (Wildman–Crippen LogP) is 3.29. The molecule has 0 bridgehead atoms. The van der Waals surface area contributed by atoms with E-state index < -0.39 is 16.6 Å². The van der Waals surface area contributed by atoms with Crippen molar-refractivity contribution in [2.45, 2.75) is 44.2 Å². The molecule has 0 atom stereocenters. The van der Waals surface area contributed by atoms with Gasteiger partial charge in [-0.1, -0.05) is 37.0 Å². The van der Waals surface area contributed by atoms with E-state index in [1.54, 1.807) is 0 Å². The van der Waals surface area contributed by atoms with Crippen LogP contribution in [-0.4, -0.2) is 30.9 Å². The lowest BCUT2D eigenvalue weighted by Crippen LogP contribution is -2.36. The number of hydrogen-bond donors (Lipinski definition) is 1. The summed E-state index contributed by atoms with van der Waals surface area (Å²) in [6, 6.07) is 2.72. The first-order valence-corrected chi connectivity index (χ1v) is 8.56. The van der Waals surface area contributed by atoms with Crippen LogP contribution in [0.1, 0.15) is 32.3 Å². The molecule has 0 unspecified atom stereocenters. The molecule has 0 aliphatic heterocycles. The first-order valence-electron chi connectivity index (χ1n) is 6.36. The quantitative estimate of drug-likeness (QED) is 0.864. The fourth-order valence-electron chi connectivity index (χ4n) is 2.07. The number of aliphatic hydroxyl groups excluding tert-OH is 1. The second-order valence-electron chi connectivity index (χ2n) is 4.49. The summed E-state index contributed by atoms with van der Waals surface area (Å²) in [5, 5.41) is 9.49. The van der Waals surface area contributed by atoms with Gasteiger partial charge in [0.15, 0.2) is 0 Å². The molecular weight excluding hydrogens is 321 g/mol. The van der Waals surface area contributed by atoms with Crippen LogP contribution in [0.3, 0.4) is 0 Å². The van der Waals surface area contributed by atoms with Gasteiger partial charge in [-0.05, 0) is 25.0 Å². The Morgan fingerprint density at radius 2 is 1.80 bits per heavy atom. The molecule has 1 aromatic rings. The van der Waals surface area contributed by atoms with Crippen LogP contribution in [0.5, 0.6) is 0 Å². The molecular formula is C13H19Cl2NO3S. The lowest BCUT2D eigenvalue weighted by molar-refractivity contribution is 0.281. The zero-order chi connectivity index (χ0) is 15.5. The molecule has 20 heavy (non-hydrogen) atoms. The number of aliphatic hydroxyl groups is 1. The first-order chi connectivity index (χ1) is 9.31. The van der Waals surface area contributed by atoms with Crippen LogP contribution < -0.4 is 0 Å². The fraction of sp³-hybridized carbons (Fsp3) is 0.538. The zero-order valence-electron chi connectivity index (χ0n) is 11.7. The molecule has 0 heterocycles. The Bertz CT molecular complexity index is 571. The molecule has 0 spiro atoms. The summed E-state index contributed by atoms with van der Waals surface area (Å²) >= 11 is 12.0. The highest BCUT2D eigenvalue weighted by molar-refractivity contribution is 7.89. The van der Waals surface area contributed by atoms with Crippen LogP contribution >= 0.6 is 23.2 Å². The highest BCUT2D eigenvalue weighted by Gasteiger charge is 2.29. The number of sulfonamides is 1. The van der Waals surface area contributed by atoms with Gasteiger partial charge in [-0.3, -0.25) is 0 Å². The summed E-state index contributed by atoms with van der Waals surface area (Å²) in [6.07, 6.45) is 1.43. The third kappa shape index (κ3) is 3.28. The van der Waals surface area contributed by atoms with Crippen molar-refractivity contribution in [3.63, 3.8) is 0 Å². The van der Waals surface area contributed by atoms with E-state index in [0.717, 1.165) is 0 Å². The van der Waals surface area contributed by atoms with Gasteiger partial charge < -0.3 is 5.11 Å². The van der Waals surface area contributed by atoms with Crippen molar-refractivity contribution >= 4 is 33.2 Å². The van der Waals surface area contributed by atoms with E-state index in [0.29, 0.717) is 12.8 Å². The fourth-order valence-corrected chi connectivity index (χ4v) is 4.45. The van der Waals surface area contributed by atoms with E-state index in [-0.39, 0.29) is 26.5 Å². The largest absolute Gasteiger partial charge is 0.392 e. The van der Waals surface area contributed by atoms with E-state index in [2.05, 4.69) is 0 Å². The molecule has 0 radical (unpaired) electrons. The molecule has 0 saturated heterocycles. The van der Waals surface area contributed by atoms with Gasteiger partial charge in [0.05, 0.1) is 11.6 Å². The van der Waals surface area contributed by atoms with Crippen LogP contribution in [-0.2, 0) is 16.6 Å². The molecule has 0 aliphatic rings. The van der Waals surface area contributed by atoms with Gasteiger partial charge in [-0.15, -0.1) is 0 Å². The van der Waals surface area contributed by atoms with E-state index in [1.807, 2.05) is 13.8 Å². The van der Waals surface area contributed by atoms with E-state index >= 15 is 0 Å². The Labute approximate surface area is 130 Å². The van der Waals surface area contributed by atoms with E-state index in [1.165, 1.54) is 23.5 Å². The molecule has 0 fully saturated rings. The van der Waals surface area contributed by atoms with Crippen LogP contribution in [0.4, 0.5) is 0 Å². The van der Waals surface area contributed by atoms with Crippen molar-refractivity contribution in [2.75, 3.05) is 7.05 Å².